The molecule has 0 saturated heterocycles. The van der Waals surface area contributed by atoms with Crippen molar-refractivity contribution in [3.8, 4) is 16.8 Å². The Kier molecular flexibility index (Phi) is 8.89. The zero-order valence-corrected chi connectivity index (χ0v) is 27.5. The maximum atomic E-state index is 12.5. The highest BCUT2D eigenvalue weighted by Crippen LogP contribution is 2.34. The zero-order chi connectivity index (χ0) is 34.2. The van der Waals surface area contributed by atoms with E-state index in [1.807, 2.05) is 60.3 Å². The summed E-state index contributed by atoms with van der Waals surface area (Å²) in [6.07, 6.45) is 3.96. The lowest BCUT2D eigenvalue weighted by Gasteiger charge is -2.30. The van der Waals surface area contributed by atoms with Gasteiger partial charge in [-0.3, -0.25) is 9.78 Å². The van der Waals surface area contributed by atoms with Gasteiger partial charge in [-0.1, -0.05) is 30.3 Å². The molecule has 0 radical (unpaired) electrons. The van der Waals surface area contributed by atoms with E-state index in [2.05, 4.69) is 28.5 Å². The minimum absolute atomic E-state index is 0.00376. The van der Waals surface area contributed by atoms with Gasteiger partial charge < -0.3 is 26.3 Å². The van der Waals surface area contributed by atoms with E-state index in [-0.39, 0.29) is 12.1 Å². The number of nitrogens with one attached hydrogen (secondary N) is 1. The number of rotatable bonds is 8. The number of nitrogens with zero attached hydrogens (tertiary/aromatic N) is 3. The van der Waals surface area contributed by atoms with Crippen LogP contribution in [0.5, 0.6) is 0 Å². The summed E-state index contributed by atoms with van der Waals surface area (Å²) in [6.45, 7) is 7.10. The third-order valence-corrected chi connectivity index (χ3v) is 8.53. The molecule has 11 heteroatoms. The van der Waals surface area contributed by atoms with Crippen molar-refractivity contribution in [1.82, 2.24) is 14.8 Å². The molecule has 1 amide bonds. The van der Waals surface area contributed by atoms with Crippen LogP contribution in [0.15, 0.2) is 72.9 Å². The number of carbonyl (C=O) groups is 3. The van der Waals surface area contributed by atoms with Crippen LogP contribution in [0.3, 0.4) is 0 Å². The van der Waals surface area contributed by atoms with E-state index in [0.29, 0.717) is 36.9 Å². The molecule has 6 rings (SSSR count). The van der Waals surface area contributed by atoms with Crippen molar-refractivity contribution in [3.05, 3.63) is 84.2 Å². The van der Waals surface area contributed by atoms with E-state index in [0.717, 1.165) is 44.3 Å². The molecule has 5 N–H and O–H groups in total. The predicted octanol–water partition coefficient (Wildman–Crippen LogP) is 5.58. The Morgan fingerprint density at radius 1 is 0.958 bits per heavy atom. The van der Waals surface area contributed by atoms with Crippen LogP contribution >= 0.6 is 0 Å². The Morgan fingerprint density at radius 3 is 2.44 bits per heavy atom. The molecule has 2 heterocycles. The lowest BCUT2D eigenvalue weighted by Crippen LogP contribution is -2.45. The maximum absolute atomic E-state index is 12.5. The SMILES string of the molecule is Cc1nn(-c2ccc(C(N)=O)c(N[C@H]3CC[C@H](OC(=O)C(N)C(=O)OC(C)(C)C)CC3)c2)c2cccc(-c3cnc4ccccc4c3)c12. The summed E-state index contributed by atoms with van der Waals surface area (Å²) in [5.74, 6) is -2.16. The number of anilines is 1. The molecule has 0 aliphatic heterocycles. The number of benzene rings is 3. The van der Waals surface area contributed by atoms with E-state index in [1.165, 1.54) is 0 Å². The van der Waals surface area contributed by atoms with Gasteiger partial charge in [-0.25, -0.2) is 14.3 Å². The van der Waals surface area contributed by atoms with E-state index in [4.69, 9.17) is 26.0 Å². The van der Waals surface area contributed by atoms with Crippen molar-refractivity contribution in [3.63, 3.8) is 0 Å². The second-order valence-electron chi connectivity index (χ2n) is 13.3. The van der Waals surface area contributed by atoms with Gasteiger partial charge in [-0.05, 0) is 95.3 Å². The fraction of sp³-hybridized carbons (Fsp3) is 0.324. The normalized spacial score (nSPS) is 17.2. The van der Waals surface area contributed by atoms with E-state index >= 15 is 0 Å². The third-order valence-electron chi connectivity index (χ3n) is 8.53. The van der Waals surface area contributed by atoms with E-state index in [1.54, 1.807) is 26.8 Å². The highest BCUT2D eigenvalue weighted by Gasteiger charge is 2.32. The standard InChI is InChI=1S/C37H40N6O5/c1-21-32-27(23-18-22-8-5-6-10-29(22)40-20-23)9-7-11-31(32)43(42-21)25-14-17-28(34(39)44)30(19-25)41-24-12-15-26(16-13-24)47-35(45)33(38)36(46)48-37(2,3)4/h5-11,14,17-20,24,26,33,41H,12-13,15-16,38H2,1-4H3,(H2,39,44)/t24-,26-,33?. The molecule has 11 nitrogen and oxygen atoms in total. The number of aromatic nitrogens is 3. The summed E-state index contributed by atoms with van der Waals surface area (Å²) < 4.78 is 12.6. The lowest BCUT2D eigenvalue weighted by atomic mass is 9.92. The predicted molar refractivity (Wildman–Crippen MR) is 185 cm³/mol. The highest BCUT2D eigenvalue weighted by molar-refractivity contribution is 6.01. The first-order valence-electron chi connectivity index (χ1n) is 16.1. The molecule has 1 aliphatic carbocycles. The highest BCUT2D eigenvalue weighted by atomic mass is 16.6. The Morgan fingerprint density at radius 2 is 1.71 bits per heavy atom. The largest absolute Gasteiger partial charge is 0.461 e. The molecule has 0 spiro atoms. The average molecular weight is 649 g/mol. The summed E-state index contributed by atoms with van der Waals surface area (Å²) >= 11 is 0. The number of para-hydroxylation sites is 1. The Bertz CT molecular complexity index is 2020. The monoisotopic (exact) mass is 648 g/mol. The third kappa shape index (κ3) is 6.86. The lowest BCUT2D eigenvalue weighted by molar-refractivity contribution is -0.166. The number of nitrogens with two attached hydrogens (primary N) is 2. The summed E-state index contributed by atoms with van der Waals surface area (Å²) in [5, 5.41) is 10.5. The van der Waals surface area contributed by atoms with Crippen LogP contribution in [0, 0.1) is 6.92 Å². The van der Waals surface area contributed by atoms with Gasteiger partial charge >= 0.3 is 11.9 Å². The number of primary amides is 1. The number of fused-ring (bicyclic) bond motifs is 2. The van der Waals surface area contributed by atoms with Gasteiger partial charge in [-0.15, -0.1) is 0 Å². The molecular weight excluding hydrogens is 608 g/mol. The van der Waals surface area contributed by atoms with Gasteiger partial charge in [0.25, 0.3) is 5.91 Å². The molecule has 48 heavy (non-hydrogen) atoms. The van der Waals surface area contributed by atoms with Gasteiger partial charge in [0.15, 0.2) is 0 Å². The number of pyridine rings is 1. The molecule has 1 unspecified atom stereocenters. The van der Waals surface area contributed by atoms with Crippen LogP contribution in [0.4, 0.5) is 5.69 Å². The van der Waals surface area contributed by atoms with E-state index in [9.17, 15) is 14.4 Å². The van der Waals surface area contributed by atoms with Crippen LogP contribution in [0.25, 0.3) is 38.6 Å². The Labute approximate surface area is 278 Å². The quantitative estimate of drug-likeness (QED) is 0.144. The van der Waals surface area contributed by atoms with Gasteiger partial charge in [-0.2, -0.15) is 5.10 Å². The van der Waals surface area contributed by atoms with Crippen LogP contribution in [0.1, 0.15) is 62.5 Å². The molecular formula is C37H40N6O5. The number of hydrogen-bond donors (Lipinski definition) is 3. The van der Waals surface area contributed by atoms with Crippen molar-refractivity contribution in [2.75, 3.05) is 5.32 Å². The van der Waals surface area contributed by atoms with Crippen molar-refractivity contribution in [1.29, 1.82) is 0 Å². The zero-order valence-electron chi connectivity index (χ0n) is 27.5. The second kappa shape index (κ2) is 13.1. The first-order valence-corrected chi connectivity index (χ1v) is 16.1. The van der Waals surface area contributed by atoms with Crippen LogP contribution in [0.2, 0.25) is 0 Å². The number of hydrogen-bond acceptors (Lipinski definition) is 9. The van der Waals surface area contributed by atoms with Crippen LogP contribution in [-0.2, 0) is 19.1 Å². The molecule has 248 valence electrons. The summed E-state index contributed by atoms with van der Waals surface area (Å²) in [5.41, 5.74) is 17.3. The van der Waals surface area contributed by atoms with Crippen molar-refractivity contribution < 1.29 is 23.9 Å². The van der Waals surface area contributed by atoms with Gasteiger partial charge in [0.05, 0.1) is 28.0 Å². The van der Waals surface area contributed by atoms with E-state index < -0.39 is 29.5 Å². The number of carbonyl (C=O) groups excluding carboxylic acids is 3. The second-order valence-corrected chi connectivity index (χ2v) is 13.3. The minimum atomic E-state index is -1.50. The van der Waals surface area contributed by atoms with Crippen molar-refractivity contribution in [2.24, 2.45) is 11.5 Å². The minimum Gasteiger partial charge on any atom is -0.461 e. The first-order chi connectivity index (χ1) is 22.9. The Balaban J connectivity index is 1.20. The smallest absolute Gasteiger partial charge is 0.335 e. The number of esters is 2. The van der Waals surface area contributed by atoms with Crippen LogP contribution in [-0.4, -0.2) is 56.4 Å². The van der Waals surface area contributed by atoms with Crippen molar-refractivity contribution in [2.45, 2.75) is 77.2 Å². The molecule has 5 aromatic rings. The molecule has 1 aliphatic rings. The molecule has 1 fully saturated rings. The molecule has 0 bridgehead atoms. The maximum Gasteiger partial charge on any atom is 0.335 e. The van der Waals surface area contributed by atoms with Crippen LogP contribution < -0.4 is 16.8 Å². The fourth-order valence-electron chi connectivity index (χ4n) is 6.25. The number of ether oxygens (including phenoxy) is 2. The summed E-state index contributed by atoms with van der Waals surface area (Å²) in [7, 11) is 0. The average Bonchev–Trinajstić information content (AvgIpc) is 3.40. The van der Waals surface area contributed by atoms with Gasteiger partial charge in [0.1, 0.15) is 11.7 Å². The number of amides is 1. The topological polar surface area (TPSA) is 164 Å². The summed E-state index contributed by atoms with van der Waals surface area (Å²) in [4.78, 5) is 41.9. The fourth-order valence-corrected chi connectivity index (χ4v) is 6.25. The van der Waals surface area contributed by atoms with Gasteiger partial charge in [0, 0.05) is 34.3 Å². The molecule has 1 atom stereocenters. The van der Waals surface area contributed by atoms with Gasteiger partial charge in [0.2, 0.25) is 6.04 Å². The molecule has 3 aromatic carbocycles. The number of aryl methyl sites for hydroxylation is 1. The van der Waals surface area contributed by atoms with Crippen molar-refractivity contribution >= 4 is 45.3 Å². The molecule has 2 aromatic heterocycles. The summed E-state index contributed by atoms with van der Waals surface area (Å²) in [6, 6.07) is 20.2. The Hall–Kier alpha value is -5.29. The molecule has 1 saturated carbocycles. The first kappa shape index (κ1) is 32.6.